The molecule has 1 N–H and O–H groups in total. The fraction of sp³-hybridized carbons (Fsp3) is 0.320. The number of rotatable bonds is 8. The molecule has 1 saturated heterocycles. The van der Waals surface area contributed by atoms with Gasteiger partial charge in [-0.15, -0.1) is 0 Å². The van der Waals surface area contributed by atoms with Crippen LogP contribution >= 0.6 is 0 Å². The number of anilines is 1. The Bertz CT molecular complexity index is 966. The first kappa shape index (κ1) is 20.8. The Kier molecular flexibility index (Phi) is 7.11. The lowest BCUT2D eigenvalue weighted by Crippen LogP contribution is -2.43. The van der Waals surface area contributed by atoms with Gasteiger partial charge in [0.25, 0.3) is 5.88 Å². The maximum Gasteiger partial charge on any atom is 0.263 e. The summed E-state index contributed by atoms with van der Waals surface area (Å²) in [5.74, 6) is 1.93. The first-order chi connectivity index (χ1) is 15.3. The second-order valence-corrected chi connectivity index (χ2v) is 7.77. The minimum absolute atomic E-state index is 0.0583. The van der Waals surface area contributed by atoms with Crippen molar-refractivity contribution in [3.8, 4) is 11.6 Å². The molecule has 0 radical (unpaired) electrons. The Morgan fingerprint density at radius 2 is 1.77 bits per heavy atom. The summed E-state index contributed by atoms with van der Waals surface area (Å²) in [6.07, 6.45) is 7.02. The maximum atomic E-state index is 12.8. The van der Waals surface area contributed by atoms with Gasteiger partial charge in [0, 0.05) is 32.0 Å². The first-order valence-corrected chi connectivity index (χ1v) is 10.9. The van der Waals surface area contributed by atoms with Crippen molar-refractivity contribution in [3.05, 3.63) is 78.6 Å². The van der Waals surface area contributed by atoms with Gasteiger partial charge in [-0.05, 0) is 43.4 Å². The normalized spacial score (nSPS) is 16.0. The molecule has 1 aliphatic rings. The zero-order valence-corrected chi connectivity index (χ0v) is 17.6. The summed E-state index contributed by atoms with van der Waals surface area (Å²) in [4.78, 5) is 23.8. The van der Waals surface area contributed by atoms with Crippen LogP contribution in [0.5, 0.6) is 11.6 Å². The van der Waals surface area contributed by atoms with Crippen molar-refractivity contribution in [2.75, 3.05) is 24.5 Å². The molecule has 6 nitrogen and oxygen atoms in total. The van der Waals surface area contributed by atoms with Gasteiger partial charge in [-0.25, -0.2) is 9.97 Å². The van der Waals surface area contributed by atoms with Gasteiger partial charge in [0.05, 0.1) is 5.92 Å². The number of benzene rings is 2. The van der Waals surface area contributed by atoms with Crippen molar-refractivity contribution in [1.29, 1.82) is 0 Å². The van der Waals surface area contributed by atoms with Gasteiger partial charge in [0.2, 0.25) is 5.91 Å². The Labute approximate surface area is 183 Å². The van der Waals surface area contributed by atoms with E-state index in [4.69, 9.17) is 4.74 Å². The molecule has 4 rings (SSSR count). The molecule has 0 aliphatic carbocycles. The lowest BCUT2D eigenvalue weighted by molar-refractivity contribution is -0.125. The number of hydrogen-bond donors (Lipinski definition) is 1. The molecular formula is C25H28N4O2. The van der Waals surface area contributed by atoms with E-state index in [1.165, 1.54) is 5.56 Å². The van der Waals surface area contributed by atoms with Gasteiger partial charge >= 0.3 is 0 Å². The minimum atomic E-state index is -0.0583. The number of amides is 1. The van der Waals surface area contributed by atoms with Crippen LogP contribution in [0.4, 0.5) is 5.82 Å². The summed E-state index contributed by atoms with van der Waals surface area (Å²) >= 11 is 0. The highest BCUT2D eigenvalue weighted by Gasteiger charge is 2.28. The van der Waals surface area contributed by atoms with Crippen LogP contribution in [0.15, 0.2) is 73.1 Å². The highest BCUT2D eigenvalue weighted by Crippen LogP contribution is 2.30. The number of para-hydroxylation sites is 1. The molecule has 31 heavy (non-hydrogen) atoms. The smallest absolute Gasteiger partial charge is 0.263 e. The standard InChI is InChI=1S/C25H28N4O2/c30-24(27-15-7-11-20-9-3-1-4-10-20)21-12-8-18-29(19-21)23-25(28-17-16-26-23)31-22-13-5-2-6-14-22/h1-6,9-10,13-14,16-17,21H,7-8,11-12,15,18-19H2,(H,27,30)/t21-/m0/s1. The fourth-order valence-corrected chi connectivity index (χ4v) is 3.88. The summed E-state index contributed by atoms with van der Waals surface area (Å²) < 4.78 is 5.96. The Hall–Kier alpha value is -3.41. The SMILES string of the molecule is O=C(NCCCc1ccccc1)[C@H]1CCCN(c2nccnc2Oc2ccccc2)C1. The minimum Gasteiger partial charge on any atom is -0.436 e. The van der Waals surface area contributed by atoms with E-state index in [1.54, 1.807) is 12.4 Å². The van der Waals surface area contributed by atoms with Gasteiger partial charge in [-0.2, -0.15) is 0 Å². The third-order valence-electron chi connectivity index (χ3n) is 5.48. The molecule has 1 aliphatic heterocycles. The number of hydrogen-bond acceptors (Lipinski definition) is 5. The number of aryl methyl sites for hydroxylation is 1. The molecule has 1 fully saturated rings. The highest BCUT2D eigenvalue weighted by molar-refractivity contribution is 5.79. The molecule has 2 heterocycles. The fourth-order valence-electron chi connectivity index (χ4n) is 3.88. The van der Waals surface area contributed by atoms with Crippen LogP contribution in [0.3, 0.4) is 0 Å². The number of nitrogens with zero attached hydrogens (tertiary/aromatic N) is 3. The molecule has 1 aromatic heterocycles. The van der Waals surface area contributed by atoms with Gasteiger partial charge in [0.15, 0.2) is 5.82 Å². The van der Waals surface area contributed by atoms with Gasteiger partial charge in [-0.1, -0.05) is 48.5 Å². The summed E-state index contributed by atoms with van der Waals surface area (Å²) in [7, 11) is 0. The third kappa shape index (κ3) is 5.81. The van der Waals surface area contributed by atoms with E-state index >= 15 is 0 Å². The Balaban J connectivity index is 1.32. The number of carbonyl (C=O) groups is 1. The van der Waals surface area contributed by atoms with Crippen LogP contribution < -0.4 is 15.0 Å². The molecule has 0 saturated carbocycles. The first-order valence-electron chi connectivity index (χ1n) is 10.9. The summed E-state index contributed by atoms with van der Waals surface area (Å²) in [6, 6.07) is 19.9. The van der Waals surface area contributed by atoms with Crippen LogP contribution in [0.1, 0.15) is 24.8 Å². The Morgan fingerprint density at radius 3 is 2.58 bits per heavy atom. The van der Waals surface area contributed by atoms with Crippen LogP contribution in [0.2, 0.25) is 0 Å². The molecular weight excluding hydrogens is 388 g/mol. The molecule has 6 heteroatoms. The summed E-state index contributed by atoms with van der Waals surface area (Å²) in [6.45, 7) is 2.15. The van der Waals surface area contributed by atoms with Crippen LogP contribution in [0.25, 0.3) is 0 Å². The average Bonchev–Trinajstić information content (AvgIpc) is 2.83. The van der Waals surface area contributed by atoms with E-state index in [1.807, 2.05) is 48.5 Å². The lowest BCUT2D eigenvalue weighted by atomic mass is 9.97. The van der Waals surface area contributed by atoms with E-state index in [0.29, 0.717) is 30.5 Å². The summed E-state index contributed by atoms with van der Waals surface area (Å²) in [5.41, 5.74) is 1.30. The largest absolute Gasteiger partial charge is 0.436 e. The van der Waals surface area contributed by atoms with Crippen LogP contribution in [-0.4, -0.2) is 35.5 Å². The van der Waals surface area contributed by atoms with E-state index < -0.39 is 0 Å². The van der Waals surface area contributed by atoms with Crippen molar-refractivity contribution in [2.45, 2.75) is 25.7 Å². The van der Waals surface area contributed by atoms with E-state index in [0.717, 1.165) is 32.2 Å². The number of aromatic nitrogens is 2. The molecule has 0 bridgehead atoms. The summed E-state index contributed by atoms with van der Waals surface area (Å²) in [5, 5.41) is 3.12. The van der Waals surface area contributed by atoms with Crippen molar-refractivity contribution in [3.63, 3.8) is 0 Å². The number of nitrogens with one attached hydrogen (secondary N) is 1. The number of ether oxygens (including phenoxy) is 1. The number of carbonyl (C=O) groups excluding carboxylic acids is 1. The predicted octanol–water partition coefficient (Wildman–Crippen LogP) is 4.23. The molecule has 2 aromatic carbocycles. The van der Waals surface area contributed by atoms with E-state index in [2.05, 4.69) is 32.3 Å². The second kappa shape index (κ2) is 10.6. The van der Waals surface area contributed by atoms with Crippen molar-refractivity contribution in [2.24, 2.45) is 5.92 Å². The van der Waals surface area contributed by atoms with E-state index in [-0.39, 0.29) is 11.8 Å². The van der Waals surface area contributed by atoms with E-state index in [9.17, 15) is 4.79 Å². The molecule has 1 amide bonds. The molecule has 1 atom stereocenters. The van der Waals surface area contributed by atoms with Crippen LogP contribution in [0, 0.1) is 5.92 Å². The molecule has 0 unspecified atom stereocenters. The monoisotopic (exact) mass is 416 g/mol. The third-order valence-corrected chi connectivity index (χ3v) is 5.48. The zero-order chi connectivity index (χ0) is 21.3. The Morgan fingerprint density at radius 1 is 1.03 bits per heavy atom. The maximum absolute atomic E-state index is 12.8. The second-order valence-electron chi connectivity index (χ2n) is 7.77. The quantitative estimate of drug-likeness (QED) is 0.557. The van der Waals surface area contributed by atoms with Crippen molar-refractivity contribution in [1.82, 2.24) is 15.3 Å². The van der Waals surface area contributed by atoms with Gasteiger partial charge in [-0.3, -0.25) is 4.79 Å². The van der Waals surface area contributed by atoms with Gasteiger partial charge < -0.3 is 15.0 Å². The number of piperidine rings is 1. The van der Waals surface area contributed by atoms with Crippen molar-refractivity contribution < 1.29 is 9.53 Å². The highest BCUT2D eigenvalue weighted by atomic mass is 16.5. The predicted molar refractivity (Wildman–Crippen MR) is 121 cm³/mol. The topological polar surface area (TPSA) is 67.4 Å². The van der Waals surface area contributed by atoms with Crippen LogP contribution in [-0.2, 0) is 11.2 Å². The molecule has 160 valence electrons. The molecule has 0 spiro atoms. The average molecular weight is 417 g/mol. The van der Waals surface area contributed by atoms with Crippen molar-refractivity contribution >= 4 is 11.7 Å². The van der Waals surface area contributed by atoms with Gasteiger partial charge in [0.1, 0.15) is 5.75 Å². The zero-order valence-electron chi connectivity index (χ0n) is 17.6. The lowest BCUT2D eigenvalue weighted by Gasteiger charge is -2.33. The molecule has 3 aromatic rings.